The van der Waals surface area contributed by atoms with Crippen LogP contribution in [0.5, 0.6) is 11.5 Å². The zero-order chi connectivity index (χ0) is 18.5. The lowest BCUT2D eigenvalue weighted by Gasteiger charge is -2.16. The SMILES string of the molecule is COc1cc(CNC2CCCC2)cc(Cl)c1OCc1ccc(Cl)cc1Cl. The van der Waals surface area contributed by atoms with E-state index in [1.807, 2.05) is 18.2 Å². The molecule has 1 saturated carbocycles. The Morgan fingerprint density at radius 3 is 2.50 bits per heavy atom. The highest BCUT2D eigenvalue weighted by Gasteiger charge is 2.16. The van der Waals surface area contributed by atoms with Crippen molar-refractivity contribution in [1.82, 2.24) is 5.32 Å². The van der Waals surface area contributed by atoms with Crippen molar-refractivity contribution >= 4 is 34.8 Å². The standard InChI is InChI=1S/C20H22Cl3NO2/c1-25-19-9-13(11-24-16-4-2-3-5-16)8-18(23)20(19)26-12-14-6-7-15(21)10-17(14)22/h6-10,16,24H,2-5,11-12H2,1H3. The van der Waals surface area contributed by atoms with Crippen LogP contribution in [0.15, 0.2) is 30.3 Å². The summed E-state index contributed by atoms with van der Waals surface area (Å²) in [6.07, 6.45) is 5.10. The molecule has 0 radical (unpaired) electrons. The molecule has 1 aliphatic carbocycles. The number of benzene rings is 2. The molecule has 6 heteroatoms. The molecule has 1 aliphatic rings. The maximum absolute atomic E-state index is 6.45. The Kier molecular flexibility index (Phi) is 6.93. The molecular formula is C20H22Cl3NO2. The topological polar surface area (TPSA) is 30.5 Å². The minimum absolute atomic E-state index is 0.283. The molecule has 0 aromatic heterocycles. The van der Waals surface area contributed by atoms with Crippen LogP contribution < -0.4 is 14.8 Å². The van der Waals surface area contributed by atoms with Crippen LogP contribution >= 0.6 is 34.8 Å². The van der Waals surface area contributed by atoms with Crippen molar-refractivity contribution in [3.8, 4) is 11.5 Å². The van der Waals surface area contributed by atoms with Gasteiger partial charge in [0.15, 0.2) is 11.5 Å². The Balaban J connectivity index is 1.69. The van der Waals surface area contributed by atoms with Crippen LogP contribution in [0.1, 0.15) is 36.8 Å². The number of nitrogens with one attached hydrogen (secondary N) is 1. The molecule has 1 fully saturated rings. The molecule has 0 saturated heterocycles. The first-order chi connectivity index (χ1) is 12.6. The van der Waals surface area contributed by atoms with Gasteiger partial charge in [-0.05, 0) is 42.7 Å². The molecule has 0 spiro atoms. The summed E-state index contributed by atoms with van der Waals surface area (Å²) in [5.41, 5.74) is 1.91. The molecule has 2 aromatic carbocycles. The lowest BCUT2D eigenvalue weighted by molar-refractivity contribution is 0.284. The van der Waals surface area contributed by atoms with Crippen molar-refractivity contribution in [2.24, 2.45) is 0 Å². The molecule has 3 rings (SSSR count). The second-order valence-electron chi connectivity index (χ2n) is 6.50. The van der Waals surface area contributed by atoms with E-state index in [0.29, 0.717) is 32.6 Å². The average Bonchev–Trinajstić information content (AvgIpc) is 3.13. The van der Waals surface area contributed by atoms with Crippen molar-refractivity contribution in [3.63, 3.8) is 0 Å². The summed E-state index contributed by atoms with van der Waals surface area (Å²) in [5, 5.41) is 5.26. The normalized spacial score (nSPS) is 14.6. The minimum atomic E-state index is 0.283. The molecule has 140 valence electrons. The van der Waals surface area contributed by atoms with Crippen molar-refractivity contribution in [2.45, 2.75) is 44.9 Å². The molecule has 0 amide bonds. The van der Waals surface area contributed by atoms with Gasteiger partial charge in [-0.3, -0.25) is 0 Å². The second-order valence-corrected chi connectivity index (χ2v) is 7.75. The first kappa shape index (κ1) is 19.6. The average molecular weight is 415 g/mol. The molecule has 2 aromatic rings. The molecule has 0 heterocycles. The Bertz CT molecular complexity index is 761. The van der Waals surface area contributed by atoms with E-state index in [1.54, 1.807) is 19.2 Å². The Hall–Kier alpha value is -1.13. The molecule has 3 nitrogen and oxygen atoms in total. The first-order valence-corrected chi connectivity index (χ1v) is 9.86. The van der Waals surface area contributed by atoms with Gasteiger partial charge >= 0.3 is 0 Å². The fourth-order valence-corrected chi connectivity index (χ4v) is 3.95. The molecule has 0 unspecified atom stereocenters. The minimum Gasteiger partial charge on any atom is -0.493 e. The van der Waals surface area contributed by atoms with Gasteiger partial charge in [0, 0.05) is 28.2 Å². The largest absolute Gasteiger partial charge is 0.493 e. The van der Waals surface area contributed by atoms with Crippen molar-refractivity contribution in [1.29, 1.82) is 0 Å². The maximum atomic E-state index is 6.45. The van der Waals surface area contributed by atoms with Gasteiger partial charge < -0.3 is 14.8 Å². The number of halogens is 3. The molecule has 26 heavy (non-hydrogen) atoms. The van der Waals surface area contributed by atoms with Gasteiger partial charge in [0.1, 0.15) is 6.61 Å². The molecular weight excluding hydrogens is 393 g/mol. The monoisotopic (exact) mass is 413 g/mol. The highest BCUT2D eigenvalue weighted by Crippen LogP contribution is 2.37. The van der Waals surface area contributed by atoms with E-state index in [1.165, 1.54) is 25.7 Å². The van der Waals surface area contributed by atoms with E-state index in [9.17, 15) is 0 Å². The fraction of sp³-hybridized carbons (Fsp3) is 0.400. The van der Waals surface area contributed by atoms with Gasteiger partial charge in [-0.1, -0.05) is 53.7 Å². The summed E-state index contributed by atoms with van der Waals surface area (Å²) in [6, 6.07) is 9.80. The van der Waals surface area contributed by atoms with E-state index in [0.717, 1.165) is 17.7 Å². The number of hydrogen-bond acceptors (Lipinski definition) is 3. The number of rotatable bonds is 7. The first-order valence-electron chi connectivity index (χ1n) is 8.73. The highest BCUT2D eigenvalue weighted by molar-refractivity contribution is 6.35. The van der Waals surface area contributed by atoms with E-state index in [-0.39, 0.29) is 6.61 Å². The molecule has 0 atom stereocenters. The van der Waals surface area contributed by atoms with Gasteiger partial charge in [0.25, 0.3) is 0 Å². The smallest absolute Gasteiger partial charge is 0.180 e. The summed E-state index contributed by atoms with van der Waals surface area (Å²) in [4.78, 5) is 0. The summed E-state index contributed by atoms with van der Waals surface area (Å²) in [5.74, 6) is 1.13. The zero-order valence-electron chi connectivity index (χ0n) is 14.7. The Morgan fingerprint density at radius 2 is 1.81 bits per heavy atom. The van der Waals surface area contributed by atoms with Gasteiger partial charge in [-0.15, -0.1) is 0 Å². The molecule has 0 bridgehead atoms. The lowest BCUT2D eigenvalue weighted by atomic mass is 10.1. The van der Waals surface area contributed by atoms with Crippen LogP contribution in [-0.4, -0.2) is 13.2 Å². The van der Waals surface area contributed by atoms with E-state index in [2.05, 4.69) is 5.32 Å². The highest BCUT2D eigenvalue weighted by atomic mass is 35.5. The fourth-order valence-electron chi connectivity index (χ4n) is 3.20. The third kappa shape index (κ3) is 4.98. The zero-order valence-corrected chi connectivity index (χ0v) is 16.9. The van der Waals surface area contributed by atoms with Gasteiger partial charge in [-0.25, -0.2) is 0 Å². The summed E-state index contributed by atoms with van der Waals surface area (Å²) >= 11 is 18.6. The Labute approximate surface area is 169 Å². The third-order valence-corrected chi connectivity index (χ3v) is 5.49. The second kappa shape index (κ2) is 9.18. The summed E-state index contributed by atoms with van der Waals surface area (Å²) in [6.45, 7) is 1.05. The lowest BCUT2D eigenvalue weighted by Crippen LogP contribution is -2.25. The predicted octanol–water partition coefficient (Wildman–Crippen LogP) is 6.27. The van der Waals surface area contributed by atoms with Crippen LogP contribution in [0.25, 0.3) is 0 Å². The van der Waals surface area contributed by atoms with Crippen molar-refractivity contribution in [2.75, 3.05) is 7.11 Å². The van der Waals surface area contributed by atoms with Gasteiger partial charge in [0.2, 0.25) is 0 Å². The van der Waals surface area contributed by atoms with Crippen molar-refractivity contribution in [3.05, 3.63) is 56.5 Å². The van der Waals surface area contributed by atoms with Crippen LogP contribution in [0.4, 0.5) is 0 Å². The van der Waals surface area contributed by atoms with Crippen LogP contribution in [0, 0.1) is 0 Å². The summed E-state index contributed by atoms with van der Waals surface area (Å²) in [7, 11) is 1.61. The van der Waals surface area contributed by atoms with E-state index in [4.69, 9.17) is 44.3 Å². The number of hydrogen-bond donors (Lipinski definition) is 1. The van der Waals surface area contributed by atoms with Gasteiger partial charge in [-0.2, -0.15) is 0 Å². The van der Waals surface area contributed by atoms with E-state index >= 15 is 0 Å². The van der Waals surface area contributed by atoms with Crippen LogP contribution in [-0.2, 0) is 13.2 Å². The number of methoxy groups -OCH3 is 1. The third-order valence-electron chi connectivity index (χ3n) is 4.63. The number of ether oxygens (including phenoxy) is 2. The van der Waals surface area contributed by atoms with Gasteiger partial charge in [0.05, 0.1) is 12.1 Å². The molecule has 0 aliphatic heterocycles. The summed E-state index contributed by atoms with van der Waals surface area (Å²) < 4.78 is 11.4. The molecule has 1 N–H and O–H groups in total. The van der Waals surface area contributed by atoms with E-state index < -0.39 is 0 Å². The quantitative estimate of drug-likeness (QED) is 0.579. The van der Waals surface area contributed by atoms with Crippen LogP contribution in [0.3, 0.4) is 0 Å². The Morgan fingerprint density at radius 1 is 1.04 bits per heavy atom. The van der Waals surface area contributed by atoms with Crippen molar-refractivity contribution < 1.29 is 9.47 Å². The predicted molar refractivity (Wildman–Crippen MR) is 108 cm³/mol. The maximum Gasteiger partial charge on any atom is 0.180 e. The van der Waals surface area contributed by atoms with Crippen LogP contribution in [0.2, 0.25) is 15.1 Å².